The number of Topliss-reactive ketones (excluding diaryl/α,β-unsaturated/α-hetero) is 1. The molecule has 0 aliphatic carbocycles. The average molecular weight is 304 g/mol. The van der Waals surface area contributed by atoms with Crippen molar-refractivity contribution >= 4 is 40.1 Å². The van der Waals surface area contributed by atoms with Gasteiger partial charge in [0.25, 0.3) is 0 Å². The number of carbonyl (C=O) groups excluding carboxylic acids is 1. The Morgan fingerprint density at radius 3 is 2.90 bits per heavy atom. The van der Waals surface area contributed by atoms with E-state index in [1.807, 2.05) is 24.3 Å². The lowest BCUT2D eigenvalue weighted by atomic mass is 10.1. The molecule has 3 nitrogen and oxygen atoms in total. The van der Waals surface area contributed by atoms with Gasteiger partial charge < -0.3 is 4.42 Å². The molecule has 0 radical (unpaired) electrons. The second kappa shape index (κ2) is 5.69. The summed E-state index contributed by atoms with van der Waals surface area (Å²) in [4.78, 5) is 16.4. The number of ketones is 1. The Bertz CT molecular complexity index is 752. The summed E-state index contributed by atoms with van der Waals surface area (Å²) in [6.45, 7) is 0. The zero-order valence-corrected chi connectivity index (χ0v) is 11.9. The third-order valence-electron chi connectivity index (χ3n) is 2.83. The van der Waals surface area contributed by atoms with Crippen molar-refractivity contribution in [1.29, 1.82) is 0 Å². The molecule has 5 heteroatoms. The highest BCUT2D eigenvalue weighted by Crippen LogP contribution is 2.24. The standard InChI is InChI=1S/C15H10ClNO2S/c16-10-5-6-15(17-7-10)20-9-13(18)12-8-19-14-4-2-1-3-11(12)14/h1-8H,9H2. The molecule has 100 valence electrons. The highest BCUT2D eigenvalue weighted by atomic mass is 35.5. The van der Waals surface area contributed by atoms with Crippen LogP contribution in [0.2, 0.25) is 5.02 Å². The fourth-order valence-electron chi connectivity index (χ4n) is 1.86. The van der Waals surface area contributed by atoms with E-state index in [0.717, 1.165) is 16.0 Å². The van der Waals surface area contributed by atoms with Crippen LogP contribution in [0.4, 0.5) is 0 Å². The van der Waals surface area contributed by atoms with Crippen LogP contribution in [0.1, 0.15) is 10.4 Å². The van der Waals surface area contributed by atoms with Crippen molar-refractivity contribution in [3.63, 3.8) is 0 Å². The van der Waals surface area contributed by atoms with Crippen LogP contribution < -0.4 is 0 Å². The lowest BCUT2D eigenvalue weighted by Crippen LogP contribution is -2.01. The monoisotopic (exact) mass is 303 g/mol. The van der Waals surface area contributed by atoms with E-state index in [-0.39, 0.29) is 5.78 Å². The number of pyridine rings is 1. The third-order valence-corrected chi connectivity index (χ3v) is 4.00. The minimum absolute atomic E-state index is 0.0247. The van der Waals surface area contributed by atoms with Gasteiger partial charge in [0.2, 0.25) is 0 Å². The zero-order chi connectivity index (χ0) is 13.9. The van der Waals surface area contributed by atoms with Crippen LogP contribution in [-0.4, -0.2) is 16.5 Å². The number of furan rings is 1. The Balaban J connectivity index is 1.75. The molecule has 0 N–H and O–H groups in total. The maximum Gasteiger partial charge on any atom is 0.176 e. The van der Waals surface area contributed by atoms with E-state index >= 15 is 0 Å². The Morgan fingerprint density at radius 1 is 1.25 bits per heavy atom. The normalized spacial score (nSPS) is 10.8. The van der Waals surface area contributed by atoms with Crippen LogP contribution in [0.5, 0.6) is 0 Å². The summed E-state index contributed by atoms with van der Waals surface area (Å²) in [5.41, 5.74) is 1.34. The third kappa shape index (κ3) is 2.71. The molecule has 2 aromatic heterocycles. The van der Waals surface area contributed by atoms with Gasteiger partial charge in [0, 0.05) is 11.6 Å². The summed E-state index contributed by atoms with van der Waals surface area (Å²) in [7, 11) is 0. The number of nitrogens with zero attached hydrogens (tertiary/aromatic N) is 1. The van der Waals surface area contributed by atoms with Gasteiger partial charge in [-0.15, -0.1) is 0 Å². The van der Waals surface area contributed by atoms with Gasteiger partial charge in [-0.05, 0) is 18.2 Å². The largest absolute Gasteiger partial charge is 0.464 e. The van der Waals surface area contributed by atoms with Gasteiger partial charge in [-0.2, -0.15) is 0 Å². The number of aromatic nitrogens is 1. The smallest absolute Gasteiger partial charge is 0.176 e. The number of rotatable bonds is 4. The summed E-state index contributed by atoms with van der Waals surface area (Å²) < 4.78 is 5.37. The van der Waals surface area contributed by atoms with Crippen molar-refractivity contribution in [2.24, 2.45) is 0 Å². The summed E-state index contributed by atoms with van der Waals surface area (Å²) in [5, 5.41) is 2.21. The van der Waals surface area contributed by atoms with Gasteiger partial charge in [-0.3, -0.25) is 4.79 Å². The second-order valence-corrected chi connectivity index (χ2v) is 5.60. The number of carbonyl (C=O) groups is 1. The molecular weight excluding hydrogens is 294 g/mol. The highest BCUT2D eigenvalue weighted by Gasteiger charge is 2.13. The molecule has 0 aliphatic heterocycles. The molecule has 0 fully saturated rings. The van der Waals surface area contributed by atoms with E-state index in [1.165, 1.54) is 18.0 Å². The van der Waals surface area contributed by atoms with E-state index in [0.29, 0.717) is 16.3 Å². The Hall–Kier alpha value is -1.78. The van der Waals surface area contributed by atoms with E-state index in [2.05, 4.69) is 4.98 Å². The first kappa shape index (κ1) is 13.2. The van der Waals surface area contributed by atoms with E-state index in [4.69, 9.17) is 16.0 Å². The molecule has 0 saturated carbocycles. The fraction of sp³-hybridized carbons (Fsp3) is 0.0667. The number of hydrogen-bond acceptors (Lipinski definition) is 4. The molecule has 0 amide bonds. The molecule has 0 unspecified atom stereocenters. The molecule has 2 heterocycles. The highest BCUT2D eigenvalue weighted by molar-refractivity contribution is 7.99. The van der Waals surface area contributed by atoms with Crippen LogP contribution in [0, 0.1) is 0 Å². The van der Waals surface area contributed by atoms with Gasteiger partial charge in [0.05, 0.1) is 21.4 Å². The van der Waals surface area contributed by atoms with Gasteiger partial charge in [-0.25, -0.2) is 4.98 Å². The quantitative estimate of drug-likeness (QED) is 0.527. The zero-order valence-electron chi connectivity index (χ0n) is 10.4. The minimum atomic E-state index is 0.0247. The van der Waals surface area contributed by atoms with Crippen molar-refractivity contribution in [2.75, 3.05) is 5.75 Å². The number of para-hydroxylation sites is 1. The molecule has 3 aromatic rings. The summed E-state index contributed by atoms with van der Waals surface area (Å²) in [6.07, 6.45) is 3.09. The Kier molecular flexibility index (Phi) is 3.76. The molecule has 0 saturated heterocycles. The van der Waals surface area contributed by atoms with Gasteiger partial charge in [-0.1, -0.05) is 41.6 Å². The summed E-state index contributed by atoms with van der Waals surface area (Å²) in [6, 6.07) is 11.1. The fourth-order valence-corrected chi connectivity index (χ4v) is 2.70. The number of hydrogen-bond donors (Lipinski definition) is 0. The number of thioether (sulfide) groups is 1. The number of halogens is 1. The Morgan fingerprint density at radius 2 is 2.10 bits per heavy atom. The van der Waals surface area contributed by atoms with Gasteiger partial charge in [0.15, 0.2) is 5.78 Å². The molecular formula is C15H10ClNO2S. The van der Waals surface area contributed by atoms with Gasteiger partial charge in [0.1, 0.15) is 11.8 Å². The van der Waals surface area contributed by atoms with Crippen molar-refractivity contribution < 1.29 is 9.21 Å². The van der Waals surface area contributed by atoms with Crippen LogP contribution in [0.15, 0.2) is 58.3 Å². The topological polar surface area (TPSA) is 43.1 Å². The first-order chi connectivity index (χ1) is 9.74. The predicted octanol–water partition coefficient (Wildman–Crippen LogP) is 4.46. The van der Waals surface area contributed by atoms with Crippen molar-refractivity contribution in [3.8, 4) is 0 Å². The molecule has 20 heavy (non-hydrogen) atoms. The van der Waals surface area contributed by atoms with E-state index in [9.17, 15) is 4.79 Å². The number of benzene rings is 1. The van der Waals surface area contributed by atoms with E-state index < -0.39 is 0 Å². The maximum absolute atomic E-state index is 12.2. The summed E-state index contributed by atoms with van der Waals surface area (Å²) >= 11 is 7.15. The van der Waals surface area contributed by atoms with Gasteiger partial charge >= 0.3 is 0 Å². The minimum Gasteiger partial charge on any atom is -0.464 e. The lowest BCUT2D eigenvalue weighted by Gasteiger charge is -1.99. The lowest BCUT2D eigenvalue weighted by molar-refractivity contribution is 0.102. The van der Waals surface area contributed by atoms with Crippen LogP contribution in [0.3, 0.4) is 0 Å². The molecule has 0 spiro atoms. The average Bonchev–Trinajstić information content (AvgIpc) is 2.90. The SMILES string of the molecule is O=C(CSc1ccc(Cl)cn1)c1coc2ccccc12. The second-order valence-electron chi connectivity index (χ2n) is 4.17. The van der Waals surface area contributed by atoms with E-state index in [1.54, 1.807) is 18.3 Å². The van der Waals surface area contributed by atoms with Crippen LogP contribution in [0.25, 0.3) is 11.0 Å². The first-order valence-electron chi connectivity index (χ1n) is 5.98. The number of fused-ring (bicyclic) bond motifs is 1. The molecule has 3 rings (SSSR count). The first-order valence-corrected chi connectivity index (χ1v) is 7.34. The summed E-state index contributed by atoms with van der Waals surface area (Å²) in [5.74, 6) is 0.342. The molecule has 0 bridgehead atoms. The van der Waals surface area contributed by atoms with Crippen LogP contribution >= 0.6 is 23.4 Å². The predicted molar refractivity (Wildman–Crippen MR) is 80.5 cm³/mol. The van der Waals surface area contributed by atoms with Crippen molar-refractivity contribution in [1.82, 2.24) is 4.98 Å². The maximum atomic E-state index is 12.2. The van der Waals surface area contributed by atoms with Crippen LogP contribution in [-0.2, 0) is 0 Å². The molecule has 1 aromatic carbocycles. The van der Waals surface area contributed by atoms with Crippen molar-refractivity contribution in [2.45, 2.75) is 5.03 Å². The van der Waals surface area contributed by atoms with Crippen molar-refractivity contribution in [3.05, 3.63) is 59.4 Å². The Labute approximate surface area is 125 Å². The molecule has 0 atom stereocenters. The molecule has 0 aliphatic rings.